The van der Waals surface area contributed by atoms with Gasteiger partial charge in [0.2, 0.25) is 0 Å². The highest BCUT2D eigenvalue weighted by molar-refractivity contribution is 5.93. The van der Waals surface area contributed by atoms with Gasteiger partial charge in [-0.2, -0.15) is 0 Å². The van der Waals surface area contributed by atoms with E-state index in [1.54, 1.807) is 6.07 Å². The minimum Gasteiger partial charge on any atom is -0.445 e. The van der Waals surface area contributed by atoms with Gasteiger partial charge in [-0.25, -0.2) is 4.79 Å². The number of benzene rings is 1. The van der Waals surface area contributed by atoms with Crippen molar-refractivity contribution in [3.05, 3.63) is 65.5 Å². The van der Waals surface area contributed by atoms with Gasteiger partial charge in [0.15, 0.2) is 5.78 Å². The quantitative estimate of drug-likeness (QED) is 0.623. The fourth-order valence-corrected chi connectivity index (χ4v) is 2.24. The topological polar surface area (TPSA) is 109 Å². The van der Waals surface area contributed by atoms with E-state index in [4.69, 9.17) is 4.74 Å². The van der Waals surface area contributed by atoms with Crippen molar-refractivity contribution >= 4 is 11.9 Å². The summed E-state index contributed by atoms with van der Waals surface area (Å²) in [6.45, 7) is 1.71. The maximum atomic E-state index is 11.6. The monoisotopic (exact) mass is 358 g/mol. The number of rotatable bonds is 8. The first-order valence-corrected chi connectivity index (χ1v) is 8.25. The number of carbonyl (C=O) groups excluding carboxylic acids is 2. The molecule has 26 heavy (non-hydrogen) atoms. The lowest BCUT2D eigenvalue weighted by Gasteiger charge is -2.17. The molecule has 2 aromatic rings. The predicted molar refractivity (Wildman–Crippen MR) is 94.5 cm³/mol. The molecule has 7 heteroatoms. The standard InChI is InChI=1S/C19H22N2O5/c1-13(22)15-7-8-16(21-11-15)18(24)17(23)9-10-20-19(25)26-12-14-5-3-2-4-6-14/h2-8,11,17-18,23-24H,9-10,12H2,1H3,(H,20,25). The zero-order chi connectivity index (χ0) is 18.9. The van der Waals surface area contributed by atoms with Crippen molar-refractivity contribution in [2.24, 2.45) is 0 Å². The number of hydrogen-bond donors (Lipinski definition) is 3. The Morgan fingerprint density at radius 2 is 1.88 bits per heavy atom. The molecule has 0 fully saturated rings. The number of carbonyl (C=O) groups is 2. The molecule has 0 saturated heterocycles. The predicted octanol–water partition coefficient (Wildman–Crippen LogP) is 1.99. The zero-order valence-electron chi connectivity index (χ0n) is 14.5. The van der Waals surface area contributed by atoms with Crippen LogP contribution in [0.3, 0.4) is 0 Å². The highest BCUT2D eigenvalue weighted by Crippen LogP contribution is 2.17. The van der Waals surface area contributed by atoms with E-state index in [-0.39, 0.29) is 31.0 Å². The van der Waals surface area contributed by atoms with Gasteiger partial charge in [-0.3, -0.25) is 9.78 Å². The Bertz CT molecular complexity index is 718. The second kappa shape index (κ2) is 9.65. The smallest absolute Gasteiger partial charge is 0.407 e. The van der Waals surface area contributed by atoms with Crippen LogP contribution in [0.4, 0.5) is 4.79 Å². The second-order valence-electron chi connectivity index (χ2n) is 5.82. The number of alkyl carbamates (subject to hydrolysis) is 1. The molecule has 1 aromatic heterocycles. The Kier molecular flexibility index (Phi) is 7.25. The first-order valence-electron chi connectivity index (χ1n) is 8.25. The van der Waals surface area contributed by atoms with Crippen LogP contribution < -0.4 is 5.32 Å². The fraction of sp³-hybridized carbons (Fsp3) is 0.316. The molecule has 0 radical (unpaired) electrons. The minimum atomic E-state index is -1.21. The van der Waals surface area contributed by atoms with Gasteiger partial charge in [0, 0.05) is 18.3 Å². The van der Waals surface area contributed by atoms with Gasteiger partial charge in [-0.15, -0.1) is 0 Å². The summed E-state index contributed by atoms with van der Waals surface area (Å²) in [6, 6.07) is 12.3. The molecule has 1 aromatic carbocycles. The molecule has 0 aliphatic heterocycles. The molecule has 0 aliphatic rings. The highest BCUT2D eigenvalue weighted by atomic mass is 16.5. The molecule has 0 saturated carbocycles. The average molecular weight is 358 g/mol. The van der Waals surface area contributed by atoms with E-state index in [0.717, 1.165) is 5.56 Å². The lowest BCUT2D eigenvalue weighted by molar-refractivity contribution is 0.0111. The van der Waals surface area contributed by atoms with Gasteiger partial charge in [0.05, 0.1) is 11.8 Å². The number of ether oxygens (including phenoxy) is 1. The Balaban J connectivity index is 1.72. The molecule has 0 aliphatic carbocycles. The number of pyridine rings is 1. The van der Waals surface area contributed by atoms with Gasteiger partial charge in [0.1, 0.15) is 12.7 Å². The summed E-state index contributed by atoms with van der Waals surface area (Å²) in [5, 5.41) is 22.6. The summed E-state index contributed by atoms with van der Waals surface area (Å²) in [7, 11) is 0. The number of Topliss-reactive ketones (excluding diaryl/α,β-unsaturated/α-hetero) is 1. The maximum absolute atomic E-state index is 11.6. The largest absolute Gasteiger partial charge is 0.445 e. The number of aromatic nitrogens is 1. The molecule has 7 nitrogen and oxygen atoms in total. The molecule has 2 atom stereocenters. The van der Waals surface area contributed by atoms with Crippen LogP contribution in [0.5, 0.6) is 0 Å². The van der Waals surface area contributed by atoms with Crippen LogP contribution in [0.1, 0.15) is 41.1 Å². The van der Waals surface area contributed by atoms with Crippen molar-refractivity contribution in [3.8, 4) is 0 Å². The molecule has 2 rings (SSSR count). The van der Waals surface area contributed by atoms with E-state index in [2.05, 4.69) is 10.3 Å². The van der Waals surface area contributed by atoms with Crippen molar-refractivity contribution in [2.75, 3.05) is 6.54 Å². The van der Waals surface area contributed by atoms with Crippen LogP contribution >= 0.6 is 0 Å². The van der Waals surface area contributed by atoms with Gasteiger partial charge < -0.3 is 20.3 Å². The minimum absolute atomic E-state index is 0.123. The van der Waals surface area contributed by atoms with E-state index in [0.29, 0.717) is 5.56 Å². The Morgan fingerprint density at radius 3 is 2.50 bits per heavy atom. The van der Waals surface area contributed by atoms with Crippen LogP contribution in [0.25, 0.3) is 0 Å². The third kappa shape index (κ3) is 5.94. The number of aliphatic hydroxyl groups is 2. The van der Waals surface area contributed by atoms with E-state index in [1.165, 1.54) is 19.2 Å². The zero-order valence-corrected chi connectivity index (χ0v) is 14.5. The number of amides is 1. The van der Waals surface area contributed by atoms with E-state index in [1.807, 2.05) is 30.3 Å². The number of nitrogens with one attached hydrogen (secondary N) is 1. The number of hydrogen-bond acceptors (Lipinski definition) is 6. The molecule has 1 amide bonds. The summed E-state index contributed by atoms with van der Waals surface area (Å²) >= 11 is 0. The van der Waals surface area contributed by atoms with Crippen molar-refractivity contribution in [1.82, 2.24) is 10.3 Å². The number of aliphatic hydroxyl groups excluding tert-OH is 2. The van der Waals surface area contributed by atoms with Gasteiger partial charge >= 0.3 is 6.09 Å². The van der Waals surface area contributed by atoms with Crippen molar-refractivity contribution in [2.45, 2.75) is 32.2 Å². The Morgan fingerprint density at radius 1 is 1.15 bits per heavy atom. The molecule has 138 valence electrons. The number of ketones is 1. The van der Waals surface area contributed by atoms with Crippen LogP contribution in [-0.4, -0.2) is 39.7 Å². The third-order valence-corrected chi connectivity index (χ3v) is 3.78. The lowest BCUT2D eigenvalue weighted by atomic mass is 10.1. The summed E-state index contributed by atoms with van der Waals surface area (Å²) < 4.78 is 5.05. The third-order valence-electron chi connectivity index (χ3n) is 3.78. The molecular formula is C19H22N2O5. The first kappa shape index (κ1) is 19.6. The van der Waals surface area contributed by atoms with Crippen LogP contribution in [0.2, 0.25) is 0 Å². The Labute approximate surface area is 151 Å². The van der Waals surface area contributed by atoms with Crippen LogP contribution in [-0.2, 0) is 11.3 Å². The summed E-state index contributed by atoms with van der Waals surface area (Å²) in [5.41, 5.74) is 1.56. The Hall–Kier alpha value is -2.77. The molecule has 3 N–H and O–H groups in total. The molecule has 0 bridgehead atoms. The SMILES string of the molecule is CC(=O)c1ccc(C(O)C(O)CCNC(=O)OCc2ccccc2)nc1. The van der Waals surface area contributed by atoms with E-state index >= 15 is 0 Å². The summed E-state index contributed by atoms with van der Waals surface area (Å²) in [5.74, 6) is -0.127. The van der Waals surface area contributed by atoms with Crippen molar-refractivity contribution < 1.29 is 24.5 Å². The highest BCUT2D eigenvalue weighted by Gasteiger charge is 2.20. The maximum Gasteiger partial charge on any atom is 0.407 e. The molecule has 0 spiro atoms. The van der Waals surface area contributed by atoms with E-state index < -0.39 is 18.3 Å². The van der Waals surface area contributed by atoms with Gasteiger partial charge in [-0.05, 0) is 31.0 Å². The fourth-order valence-electron chi connectivity index (χ4n) is 2.24. The van der Waals surface area contributed by atoms with Gasteiger partial charge in [0.25, 0.3) is 0 Å². The average Bonchev–Trinajstić information content (AvgIpc) is 2.66. The molecule has 2 unspecified atom stereocenters. The number of nitrogens with zero attached hydrogens (tertiary/aromatic N) is 1. The van der Waals surface area contributed by atoms with Crippen LogP contribution in [0, 0.1) is 0 Å². The van der Waals surface area contributed by atoms with Crippen LogP contribution in [0.15, 0.2) is 48.7 Å². The van der Waals surface area contributed by atoms with Gasteiger partial charge in [-0.1, -0.05) is 30.3 Å². The molecular weight excluding hydrogens is 336 g/mol. The van der Waals surface area contributed by atoms with Crippen molar-refractivity contribution in [3.63, 3.8) is 0 Å². The van der Waals surface area contributed by atoms with E-state index in [9.17, 15) is 19.8 Å². The second-order valence-corrected chi connectivity index (χ2v) is 5.82. The summed E-state index contributed by atoms with van der Waals surface area (Å²) in [4.78, 5) is 26.8. The summed E-state index contributed by atoms with van der Waals surface area (Å²) in [6.07, 6.45) is -1.44. The van der Waals surface area contributed by atoms with Crippen molar-refractivity contribution in [1.29, 1.82) is 0 Å². The first-order chi connectivity index (χ1) is 12.5. The normalized spacial score (nSPS) is 12.9. The lowest BCUT2D eigenvalue weighted by Crippen LogP contribution is -2.30. The molecule has 1 heterocycles.